The second-order valence-electron chi connectivity index (χ2n) is 7.03. The van der Waals surface area contributed by atoms with Crippen LogP contribution in [-0.2, 0) is 9.53 Å². The normalized spacial score (nSPS) is 14.1. The van der Waals surface area contributed by atoms with Crippen molar-refractivity contribution in [1.29, 1.82) is 0 Å². The van der Waals surface area contributed by atoms with Gasteiger partial charge in [0.25, 0.3) is 5.91 Å². The predicted molar refractivity (Wildman–Crippen MR) is 135 cm³/mol. The number of carbonyl (C=O) groups is 2. The Kier molecular flexibility index (Phi) is 10.8. The lowest BCUT2D eigenvalue weighted by atomic mass is 10.1. The van der Waals surface area contributed by atoms with Crippen molar-refractivity contribution in [1.82, 2.24) is 25.9 Å². The quantitative estimate of drug-likeness (QED) is 0.373. The van der Waals surface area contributed by atoms with E-state index in [1.165, 1.54) is 7.05 Å². The van der Waals surface area contributed by atoms with Crippen molar-refractivity contribution in [2.45, 2.75) is 33.4 Å². The highest BCUT2D eigenvalue weighted by atomic mass is 16.5. The van der Waals surface area contributed by atoms with E-state index in [2.05, 4.69) is 36.6 Å². The van der Waals surface area contributed by atoms with Gasteiger partial charge in [0, 0.05) is 32.3 Å². The van der Waals surface area contributed by atoms with Crippen LogP contribution in [0.4, 0.5) is 17.2 Å². The van der Waals surface area contributed by atoms with E-state index in [0.717, 1.165) is 5.56 Å². The summed E-state index contributed by atoms with van der Waals surface area (Å²) in [6.45, 7) is 6.68. The lowest BCUT2D eigenvalue weighted by Gasteiger charge is -2.19. The molecular formula is C23H34N8O4. The second-order valence-corrected chi connectivity index (χ2v) is 7.03. The van der Waals surface area contributed by atoms with Gasteiger partial charge < -0.3 is 25.4 Å². The Labute approximate surface area is 205 Å². The van der Waals surface area contributed by atoms with Gasteiger partial charge in [-0.05, 0) is 13.0 Å². The molecule has 1 aliphatic heterocycles. The van der Waals surface area contributed by atoms with Crippen molar-refractivity contribution in [3.8, 4) is 5.75 Å². The number of hydrogen-bond acceptors (Lipinski definition) is 10. The number of aliphatic imine (C=N–C) groups is 1. The molecule has 3 rings (SSSR count). The highest BCUT2D eigenvalue weighted by Crippen LogP contribution is 2.36. The van der Waals surface area contributed by atoms with Crippen LogP contribution in [0.25, 0.3) is 0 Å². The Morgan fingerprint density at radius 1 is 1.20 bits per heavy atom. The summed E-state index contributed by atoms with van der Waals surface area (Å²) in [5.41, 5.74) is 4.99. The van der Waals surface area contributed by atoms with Gasteiger partial charge in [-0.25, -0.2) is 10.4 Å². The third kappa shape index (κ3) is 7.36. The first-order valence-corrected chi connectivity index (χ1v) is 11.4. The van der Waals surface area contributed by atoms with Gasteiger partial charge in [0.15, 0.2) is 11.5 Å². The van der Waals surface area contributed by atoms with E-state index in [0.29, 0.717) is 30.3 Å². The van der Waals surface area contributed by atoms with Crippen molar-refractivity contribution < 1.29 is 19.1 Å². The minimum Gasteiger partial charge on any atom is -0.494 e. The molecule has 1 aromatic carbocycles. The molecule has 0 aliphatic carbocycles. The van der Waals surface area contributed by atoms with Gasteiger partial charge in [-0.2, -0.15) is 0 Å². The third-order valence-corrected chi connectivity index (χ3v) is 4.71. The van der Waals surface area contributed by atoms with Gasteiger partial charge in [0.1, 0.15) is 18.3 Å². The lowest BCUT2D eigenvalue weighted by Crippen LogP contribution is -2.29. The molecule has 0 radical (unpaired) electrons. The summed E-state index contributed by atoms with van der Waals surface area (Å²) in [5.74, 6) is 0.0400. The van der Waals surface area contributed by atoms with E-state index in [9.17, 15) is 9.59 Å². The summed E-state index contributed by atoms with van der Waals surface area (Å²) in [5, 5.41) is 18.1. The number of rotatable bonds is 10. The molecule has 1 unspecified atom stereocenters. The summed E-state index contributed by atoms with van der Waals surface area (Å²) in [6, 6.07) is 7.09. The fourth-order valence-electron chi connectivity index (χ4n) is 3.17. The van der Waals surface area contributed by atoms with Crippen LogP contribution in [-0.4, -0.2) is 67.8 Å². The highest BCUT2D eigenvalue weighted by molar-refractivity contribution is 5.99. The number of nitrogens with one attached hydrogen (secondary N) is 4. The van der Waals surface area contributed by atoms with E-state index in [1.54, 1.807) is 30.6 Å². The van der Waals surface area contributed by atoms with Crippen LogP contribution in [0.2, 0.25) is 0 Å². The number of amides is 2. The minimum absolute atomic E-state index is 0.0639. The molecule has 0 saturated heterocycles. The van der Waals surface area contributed by atoms with Gasteiger partial charge >= 0.3 is 0 Å². The van der Waals surface area contributed by atoms with Crippen LogP contribution < -0.4 is 26.1 Å². The number of benzene rings is 1. The molecule has 35 heavy (non-hydrogen) atoms. The number of methoxy groups -OCH3 is 1. The number of aromatic nitrogens is 2. The number of para-hydroxylation sites is 1. The molecule has 1 aliphatic rings. The summed E-state index contributed by atoms with van der Waals surface area (Å²) < 4.78 is 10.9. The van der Waals surface area contributed by atoms with Crippen molar-refractivity contribution in [3.05, 3.63) is 35.5 Å². The number of ether oxygens (including phenoxy) is 2. The molecule has 190 valence electrons. The molecule has 0 bridgehead atoms. The monoisotopic (exact) mass is 486 g/mol. The Morgan fingerprint density at radius 2 is 1.97 bits per heavy atom. The largest absolute Gasteiger partial charge is 0.494 e. The van der Waals surface area contributed by atoms with E-state index >= 15 is 0 Å². The van der Waals surface area contributed by atoms with Crippen LogP contribution >= 0.6 is 0 Å². The zero-order valence-corrected chi connectivity index (χ0v) is 21.0. The average molecular weight is 487 g/mol. The van der Waals surface area contributed by atoms with Gasteiger partial charge in [-0.15, -0.1) is 10.2 Å². The molecule has 0 spiro atoms. The van der Waals surface area contributed by atoms with Crippen molar-refractivity contribution in [2.75, 3.05) is 45.1 Å². The first kappa shape index (κ1) is 27.5. The van der Waals surface area contributed by atoms with Crippen LogP contribution in [0.5, 0.6) is 5.75 Å². The van der Waals surface area contributed by atoms with Crippen molar-refractivity contribution in [3.63, 3.8) is 0 Å². The first-order valence-electron chi connectivity index (χ1n) is 11.4. The molecule has 2 heterocycles. The summed E-state index contributed by atoms with van der Waals surface area (Å²) in [6.07, 6.45) is 1.54. The van der Waals surface area contributed by atoms with E-state index in [1.807, 2.05) is 40.0 Å². The molecule has 1 aromatic heterocycles. The zero-order chi connectivity index (χ0) is 25.8. The average Bonchev–Trinajstić information content (AvgIpc) is 3.31. The molecule has 0 fully saturated rings. The first-order chi connectivity index (χ1) is 17.0. The number of hydrazine groups is 1. The van der Waals surface area contributed by atoms with Crippen LogP contribution in [0.1, 0.15) is 49.4 Å². The molecule has 2 amide bonds. The van der Waals surface area contributed by atoms with Crippen molar-refractivity contribution >= 4 is 35.3 Å². The summed E-state index contributed by atoms with van der Waals surface area (Å²) in [7, 11) is 4.90. The topological polar surface area (TPSA) is 142 Å². The van der Waals surface area contributed by atoms with Crippen molar-refractivity contribution in [2.24, 2.45) is 4.99 Å². The lowest BCUT2D eigenvalue weighted by molar-refractivity contribution is -0.117. The van der Waals surface area contributed by atoms with Crippen LogP contribution in [0, 0.1) is 0 Å². The number of carbonyl (C=O) groups excluding carboxylic acids is 2. The van der Waals surface area contributed by atoms with E-state index < -0.39 is 5.91 Å². The minimum atomic E-state index is -0.432. The smallest absolute Gasteiger partial charge is 0.273 e. The molecule has 12 heteroatoms. The molecule has 2 aromatic rings. The van der Waals surface area contributed by atoms with E-state index in [-0.39, 0.29) is 30.0 Å². The Bertz CT molecular complexity index is 1030. The maximum absolute atomic E-state index is 12.4. The summed E-state index contributed by atoms with van der Waals surface area (Å²) >= 11 is 0. The van der Waals surface area contributed by atoms with Gasteiger partial charge in [-0.3, -0.25) is 14.6 Å². The molecule has 4 N–H and O–H groups in total. The molecule has 12 nitrogen and oxygen atoms in total. The standard InChI is InChI=1S/C21H28N8O4.C2H6/c1-5-33-10-9-17(30)25-16-11-15(18(27-26-16)21(31)22-2)24-14-8-6-7-13(19(14)32-4)20-23-12-29(3)28-20;1-2/h6-8,11-12,20,28H,5,9-10H2,1-4H3,(H,22,31)(H2,24,25,26,30);1-2H3. The third-order valence-electron chi connectivity index (χ3n) is 4.71. The van der Waals surface area contributed by atoms with Gasteiger partial charge in [0.2, 0.25) is 5.91 Å². The SMILES string of the molecule is CC.CCOCCC(=O)Nc1cc(Nc2cccc(C3N=CN(C)N3)c2OC)c(C(=O)NC)nn1. The fourth-order valence-corrected chi connectivity index (χ4v) is 3.17. The second kappa shape index (κ2) is 13.8. The van der Waals surface area contributed by atoms with E-state index in [4.69, 9.17) is 9.47 Å². The Hall–Kier alpha value is -3.77. The molecule has 1 atom stereocenters. The Morgan fingerprint density at radius 3 is 2.60 bits per heavy atom. The number of nitrogens with zero attached hydrogens (tertiary/aromatic N) is 4. The Balaban J connectivity index is 0.00000210. The summed E-state index contributed by atoms with van der Waals surface area (Å²) in [4.78, 5) is 28.9. The van der Waals surface area contributed by atoms with Crippen LogP contribution in [0.15, 0.2) is 29.3 Å². The maximum Gasteiger partial charge on any atom is 0.273 e. The number of hydrogen-bond donors (Lipinski definition) is 4. The highest BCUT2D eigenvalue weighted by Gasteiger charge is 2.23. The number of anilines is 3. The predicted octanol–water partition coefficient (Wildman–Crippen LogP) is 2.46. The van der Waals surface area contributed by atoms with Gasteiger partial charge in [-0.1, -0.05) is 26.0 Å². The molecule has 0 saturated carbocycles. The maximum atomic E-state index is 12.4. The van der Waals surface area contributed by atoms with Crippen LogP contribution in [0.3, 0.4) is 0 Å². The zero-order valence-electron chi connectivity index (χ0n) is 21.0. The van der Waals surface area contributed by atoms with Gasteiger partial charge in [0.05, 0.1) is 31.5 Å². The molecular weight excluding hydrogens is 452 g/mol. The fraction of sp³-hybridized carbons (Fsp3) is 0.435.